The standard InChI is InChI=1S/C30H28F4N4O2.BrH/c1-35-27(39)8-5-15-36-16-17-40-23-12-9-21(10-13-23)28(22-11-14-26-24(18-22)29(31)38-37-26)25(19-30(32,33)34)20-6-3-2-4-7-20;/h2-14,18,36H,15-17,19H2,1H3,(H,35,39)(H,37,38);1H/b8-5+,28-25+;. The highest BCUT2D eigenvalue weighted by Crippen LogP contribution is 2.40. The number of nitrogens with zero attached hydrogens (tertiary/aromatic N) is 1. The van der Waals surface area contributed by atoms with Crippen LogP contribution in [0.25, 0.3) is 22.0 Å². The molecule has 3 aromatic carbocycles. The first-order chi connectivity index (χ1) is 19.2. The van der Waals surface area contributed by atoms with E-state index in [4.69, 9.17) is 4.74 Å². The molecule has 4 aromatic rings. The Hall–Kier alpha value is -3.96. The van der Waals surface area contributed by atoms with Crippen molar-refractivity contribution < 1.29 is 27.1 Å². The van der Waals surface area contributed by atoms with Crippen LogP contribution in [0.15, 0.2) is 84.9 Å². The molecule has 0 bridgehead atoms. The van der Waals surface area contributed by atoms with E-state index >= 15 is 0 Å². The van der Waals surface area contributed by atoms with Gasteiger partial charge in [-0.15, -0.1) is 17.0 Å². The number of likely N-dealkylation sites (N-methyl/N-ethyl adjacent to an activating group) is 1. The van der Waals surface area contributed by atoms with Gasteiger partial charge in [-0.3, -0.25) is 9.89 Å². The lowest BCUT2D eigenvalue weighted by Gasteiger charge is -2.19. The molecule has 0 atom stereocenters. The number of aromatic nitrogens is 2. The van der Waals surface area contributed by atoms with Gasteiger partial charge < -0.3 is 15.4 Å². The summed E-state index contributed by atoms with van der Waals surface area (Å²) in [7, 11) is 1.55. The van der Waals surface area contributed by atoms with E-state index in [9.17, 15) is 22.4 Å². The molecule has 1 amide bonds. The molecule has 11 heteroatoms. The van der Waals surface area contributed by atoms with Crippen LogP contribution in [0.1, 0.15) is 23.1 Å². The number of H-pyrrole nitrogens is 1. The molecule has 6 nitrogen and oxygen atoms in total. The molecule has 0 aliphatic heterocycles. The van der Waals surface area contributed by atoms with Gasteiger partial charge >= 0.3 is 6.18 Å². The number of aromatic amines is 1. The first kappa shape index (κ1) is 31.6. The van der Waals surface area contributed by atoms with E-state index in [2.05, 4.69) is 20.8 Å². The van der Waals surface area contributed by atoms with Gasteiger partial charge in [0.15, 0.2) is 0 Å². The Morgan fingerprint density at radius 3 is 2.39 bits per heavy atom. The lowest BCUT2D eigenvalue weighted by Crippen LogP contribution is -2.21. The summed E-state index contributed by atoms with van der Waals surface area (Å²) in [4.78, 5) is 11.2. The Bertz CT molecular complexity index is 1500. The Kier molecular flexibility index (Phi) is 11.2. The van der Waals surface area contributed by atoms with Crippen LogP contribution in [0, 0.1) is 5.95 Å². The van der Waals surface area contributed by atoms with Crippen molar-refractivity contribution >= 4 is 44.9 Å². The minimum absolute atomic E-state index is 0. The van der Waals surface area contributed by atoms with Crippen LogP contribution in [0.4, 0.5) is 17.6 Å². The molecule has 0 unspecified atom stereocenters. The maximum atomic E-state index is 14.4. The Morgan fingerprint density at radius 2 is 1.71 bits per heavy atom. The van der Waals surface area contributed by atoms with Gasteiger partial charge in [0.1, 0.15) is 12.4 Å². The van der Waals surface area contributed by atoms with Gasteiger partial charge in [-0.25, -0.2) is 0 Å². The lowest BCUT2D eigenvalue weighted by atomic mass is 9.87. The number of carbonyl (C=O) groups is 1. The summed E-state index contributed by atoms with van der Waals surface area (Å²) >= 11 is 0. The number of amides is 1. The fourth-order valence-electron chi connectivity index (χ4n) is 4.22. The molecule has 0 saturated carbocycles. The highest BCUT2D eigenvalue weighted by Gasteiger charge is 2.31. The highest BCUT2D eigenvalue weighted by molar-refractivity contribution is 8.93. The zero-order valence-corrected chi connectivity index (χ0v) is 23.8. The third-order valence-electron chi connectivity index (χ3n) is 6.07. The maximum Gasteiger partial charge on any atom is 0.393 e. The van der Waals surface area contributed by atoms with E-state index in [0.29, 0.717) is 53.2 Å². The number of alkyl halides is 3. The van der Waals surface area contributed by atoms with Crippen LogP contribution in [0.5, 0.6) is 5.75 Å². The molecule has 1 aromatic heterocycles. The van der Waals surface area contributed by atoms with E-state index < -0.39 is 18.5 Å². The predicted molar refractivity (Wildman–Crippen MR) is 157 cm³/mol. The Labute approximate surface area is 245 Å². The second-order valence-corrected chi connectivity index (χ2v) is 8.87. The second-order valence-electron chi connectivity index (χ2n) is 8.87. The number of halogens is 5. The molecular formula is C30H29BrF4N4O2. The number of hydrogen-bond acceptors (Lipinski definition) is 4. The summed E-state index contributed by atoms with van der Waals surface area (Å²) in [6.45, 7) is 1.35. The van der Waals surface area contributed by atoms with Crippen LogP contribution in [0.3, 0.4) is 0 Å². The van der Waals surface area contributed by atoms with Crippen molar-refractivity contribution in [2.24, 2.45) is 0 Å². The van der Waals surface area contributed by atoms with Crippen LogP contribution in [-0.2, 0) is 4.79 Å². The summed E-state index contributed by atoms with van der Waals surface area (Å²) in [6, 6.07) is 19.9. The summed E-state index contributed by atoms with van der Waals surface area (Å²) in [5.74, 6) is -0.305. The first-order valence-electron chi connectivity index (χ1n) is 12.6. The topological polar surface area (TPSA) is 79.0 Å². The monoisotopic (exact) mass is 632 g/mol. The Balaban J connectivity index is 0.00000462. The van der Waals surface area contributed by atoms with E-state index in [1.807, 2.05) is 0 Å². The molecule has 216 valence electrons. The van der Waals surface area contributed by atoms with E-state index in [0.717, 1.165) is 0 Å². The molecule has 0 fully saturated rings. The minimum Gasteiger partial charge on any atom is -0.492 e. The zero-order chi connectivity index (χ0) is 28.5. The quantitative estimate of drug-likeness (QED) is 0.0767. The smallest absolute Gasteiger partial charge is 0.393 e. The van der Waals surface area contributed by atoms with Crippen molar-refractivity contribution in [2.45, 2.75) is 12.6 Å². The van der Waals surface area contributed by atoms with Crippen molar-refractivity contribution in [3.63, 3.8) is 0 Å². The van der Waals surface area contributed by atoms with Crippen LogP contribution < -0.4 is 15.4 Å². The van der Waals surface area contributed by atoms with Crippen LogP contribution in [0.2, 0.25) is 0 Å². The van der Waals surface area contributed by atoms with Crippen molar-refractivity contribution in [3.8, 4) is 5.75 Å². The number of carbonyl (C=O) groups excluding carboxylic acids is 1. The zero-order valence-electron chi connectivity index (χ0n) is 22.1. The first-order valence-corrected chi connectivity index (χ1v) is 12.6. The highest BCUT2D eigenvalue weighted by atomic mass is 79.9. The molecule has 0 saturated heterocycles. The number of ether oxygens (including phenoxy) is 1. The van der Waals surface area contributed by atoms with Gasteiger partial charge in [-0.05, 0) is 52.1 Å². The molecule has 0 aliphatic rings. The number of allylic oxidation sites excluding steroid dienone is 1. The molecule has 3 N–H and O–H groups in total. The lowest BCUT2D eigenvalue weighted by molar-refractivity contribution is -0.123. The molecular weight excluding hydrogens is 604 g/mol. The average Bonchev–Trinajstić information content (AvgIpc) is 3.32. The normalized spacial score (nSPS) is 12.2. The fraction of sp³-hybridized carbons (Fsp3) is 0.200. The van der Waals surface area contributed by atoms with E-state index in [1.54, 1.807) is 79.9 Å². The number of nitrogens with one attached hydrogen (secondary N) is 3. The van der Waals surface area contributed by atoms with Gasteiger partial charge in [0, 0.05) is 26.2 Å². The molecule has 41 heavy (non-hydrogen) atoms. The van der Waals surface area contributed by atoms with Gasteiger partial charge in [-0.1, -0.05) is 54.6 Å². The average molecular weight is 633 g/mol. The van der Waals surface area contributed by atoms with Gasteiger partial charge in [0.25, 0.3) is 0 Å². The van der Waals surface area contributed by atoms with Gasteiger partial charge in [-0.2, -0.15) is 22.7 Å². The van der Waals surface area contributed by atoms with Crippen molar-refractivity contribution in [2.75, 3.05) is 26.7 Å². The minimum atomic E-state index is -4.48. The van der Waals surface area contributed by atoms with Crippen molar-refractivity contribution in [1.82, 2.24) is 20.8 Å². The second kappa shape index (κ2) is 14.6. The summed E-state index contributed by atoms with van der Waals surface area (Å²) in [5.41, 5.74) is 2.15. The number of benzene rings is 3. The van der Waals surface area contributed by atoms with Gasteiger partial charge in [0.05, 0.1) is 17.3 Å². The van der Waals surface area contributed by atoms with Crippen LogP contribution >= 0.6 is 17.0 Å². The van der Waals surface area contributed by atoms with Crippen molar-refractivity contribution in [1.29, 1.82) is 0 Å². The third-order valence-corrected chi connectivity index (χ3v) is 6.07. The molecule has 1 heterocycles. The molecule has 0 radical (unpaired) electrons. The Morgan fingerprint density at radius 1 is 1.00 bits per heavy atom. The van der Waals surface area contributed by atoms with E-state index in [1.165, 1.54) is 12.1 Å². The summed E-state index contributed by atoms with van der Waals surface area (Å²) < 4.78 is 61.7. The largest absolute Gasteiger partial charge is 0.492 e. The number of fused-ring (bicyclic) bond motifs is 1. The third kappa shape index (κ3) is 8.76. The van der Waals surface area contributed by atoms with E-state index in [-0.39, 0.29) is 33.8 Å². The van der Waals surface area contributed by atoms with Gasteiger partial charge in [0.2, 0.25) is 11.9 Å². The summed E-state index contributed by atoms with van der Waals surface area (Å²) in [6.07, 6.45) is -2.53. The number of rotatable bonds is 11. The molecule has 4 rings (SSSR count). The van der Waals surface area contributed by atoms with Crippen LogP contribution in [-0.4, -0.2) is 49.0 Å². The SMILES string of the molecule is Br.CNC(=O)/C=C/CNCCOc1ccc(/C(=C(/CC(F)(F)F)c2ccccc2)c2ccc3n[nH]c(F)c3c2)cc1. The maximum absolute atomic E-state index is 14.4. The fourth-order valence-corrected chi connectivity index (χ4v) is 4.22. The summed E-state index contributed by atoms with van der Waals surface area (Å²) in [5, 5.41) is 12.0. The van der Waals surface area contributed by atoms with Crippen molar-refractivity contribution in [3.05, 3.63) is 108 Å². The molecule has 0 aliphatic carbocycles. The molecule has 0 spiro atoms. The number of hydrogen-bond donors (Lipinski definition) is 3. The predicted octanol–water partition coefficient (Wildman–Crippen LogP) is 6.46.